The van der Waals surface area contributed by atoms with Gasteiger partial charge in [0.15, 0.2) is 0 Å². The standard InChI is InChI=1S/C13H28N2/c1-12(2,11-6-5-7-11)10-15-13(3,4)8-9-14/h11,15H,5-10,14H2,1-4H3. The van der Waals surface area contributed by atoms with Crippen LogP contribution in [0.3, 0.4) is 0 Å². The second-order valence-electron chi connectivity index (χ2n) is 6.39. The van der Waals surface area contributed by atoms with Crippen molar-refractivity contribution in [3.63, 3.8) is 0 Å². The Morgan fingerprint density at radius 1 is 1.20 bits per heavy atom. The lowest BCUT2D eigenvalue weighted by Gasteiger charge is -2.42. The van der Waals surface area contributed by atoms with E-state index in [1.54, 1.807) is 0 Å². The highest BCUT2D eigenvalue weighted by molar-refractivity contribution is 4.88. The van der Waals surface area contributed by atoms with E-state index in [1.807, 2.05) is 0 Å². The second kappa shape index (κ2) is 4.84. The summed E-state index contributed by atoms with van der Waals surface area (Å²) in [5, 5.41) is 3.67. The van der Waals surface area contributed by atoms with E-state index in [9.17, 15) is 0 Å². The molecule has 0 aromatic carbocycles. The Hall–Kier alpha value is -0.0800. The molecule has 0 atom stereocenters. The molecule has 0 spiro atoms. The van der Waals surface area contributed by atoms with Gasteiger partial charge in [-0.15, -0.1) is 0 Å². The molecule has 90 valence electrons. The zero-order valence-electron chi connectivity index (χ0n) is 10.9. The molecule has 0 aliphatic heterocycles. The average Bonchev–Trinajstić information content (AvgIpc) is 1.97. The fourth-order valence-electron chi connectivity index (χ4n) is 2.25. The van der Waals surface area contributed by atoms with Crippen LogP contribution in [0.5, 0.6) is 0 Å². The van der Waals surface area contributed by atoms with Crippen molar-refractivity contribution in [2.24, 2.45) is 17.1 Å². The van der Waals surface area contributed by atoms with Crippen molar-refractivity contribution >= 4 is 0 Å². The fourth-order valence-corrected chi connectivity index (χ4v) is 2.25. The van der Waals surface area contributed by atoms with E-state index in [1.165, 1.54) is 19.3 Å². The lowest BCUT2D eigenvalue weighted by atomic mass is 9.67. The van der Waals surface area contributed by atoms with E-state index < -0.39 is 0 Å². The van der Waals surface area contributed by atoms with Gasteiger partial charge in [0.05, 0.1) is 0 Å². The minimum Gasteiger partial charge on any atom is -0.330 e. The first-order valence-electron chi connectivity index (χ1n) is 6.32. The molecule has 0 unspecified atom stereocenters. The zero-order chi connectivity index (χ0) is 11.5. The van der Waals surface area contributed by atoms with Crippen molar-refractivity contribution in [3.05, 3.63) is 0 Å². The normalized spacial score (nSPS) is 19.0. The molecule has 3 N–H and O–H groups in total. The molecule has 1 aliphatic rings. The van der Waals surface area contributed by atoms with Crippen molar-refractivity contribution in [1.29, 1.82) is 0 Å². The minimum atomic E-state index is 0.190. The molecule has 1 fully saturated rings. The van der Waals surface area contributed by atoms with Crippen molar-refractivity contribution in [3.8, 4) is 0 Å². The lowest BCUT2D eigenvalue weighted by Crippen LogP contribution is -2.48. The number of hydrogen-bond acceptors (Lipinski definition) is 2. The first kappa shape index (κ1) is 13.0. The van der Waals surface area contributed by atoms with E-state index in [0.29, 0.717) is 5.41 Å². The SMILES string of the molecule is CC(C)(CCN)NCC(C)(C)C1CCC1. The molecule has 0 aromatic heterocycles. The van der Waals surface area contributed by atoms with Gasteiger partial charge in [0.2, 0.25) is 0 Å². The monoisotopic (exact) mass is 212 g/mol. The molecule has 1 aliphatic carbocycles. The quantitative estimate of drug-likeness (QED) is 0.710. The topological polar surface area (TPSA) is 38.0 Å². The molecule has 0 saturated heterocycles. The molecule has 0 bridgehead atoms. The summed E-state index contributed by atoms with van der Waals surface area (Å²) in [7, 11) is 0. The Balaban J connectivity index is 2.34. The first-order chi connectivity index (χ1) is 6.87. The van der Waals surface area contributed by atoms with Gasteiger partial charge >= 0.3 is 0 Å². The van der Waals surface area contributed by atoms with Crippen LogP contribution in [0.4, 0.5) is 0 Å². The van der Waals surface area contributed by atoms with Crippen LogP contribution in [0.25, 0.3) is 0 Å². The van der Waals surface area contributed by atoms with Crippen LogP contribution in [0.2, 0.25) is 0 Å². The predicted molar refractivity (Wildman–Crippen MR) is 66.9 cm³/mol. The second-order valence-corrected chi connectivity index (χ2v) is 6.39. The van der Waals surface area contributed by atoms with Crippen molar-refractivity contribution in [1.82, 2.24) is 5.32 Å². The van der Waals surface area contributed by atoms with Gasteiger partial charge < -0.3 is 11.1 Å². The summed E-state index contributed by atoms with van der Waals surface area (Å²) in [6.07, 6.45) is 5.33. The van der Waals surface area contributed by atoms with Crippen molar-refractivity contribution in [2.45, 2.75) is 58.9 Å². The summed E-state index contributed by atoms with van der Waals surface area (Å²) in [5.41, 5.74) is 6.25. The van der Waals surface area contributed by atoms with Crippen LogP contribution in [0.1, 0.15) is 53.4 Å². The van der Waals surface area contributed by atoms with Crippen LogP contribution in [0.15, 0.2) is 0 Å². The van der Waals surface area contributed by atoms with E-state index in [2.05, 4.69) is 33.0 Å². The van der Waals surface area contributed by atoms with Gasteiger partial charge in [0, 0.05) is 12.1 Å². The molecule has 0 heterocycles. The van der Waals surface area contributed by atoms with E-state index in [0.717, 1.165) is 25.4 Å². The van der Waals surface area contributed by atoms with Crippen LogP contribution in [-0.2, 0) is 0 Å². The summed E-state index contributed by atoms with van der Waals surface area (Å²) in [6.45, 7) is 11.2. The maximum atomic E-state index is 5.61. The van der Waals surface area contributed by atoms with Gasteiger partial charge in [0.25, 0.3) is 0 Å². The fraction of sp³-hybridized carbons (Fsp3) is 1.00. The summed E-state index contributed by atoms with van der Waals surface area (Å²) >= 11 is 0. The van der Waals surface area contributed by atoms with Crippen molar-refractivity contribution < 1.29 is 0 Å². The molecular weight excluding hydrogens is 184 g/mol. The average molecular weight is 212 g/mol. The summed E-state index contributed by atoms with van der Waals surface area (Å²) in [5.74, 6) is 0.929. The number of rotatable bonds is 6. The summed E-state index contributed by atoms with van der Waals surface area (Å²) in [4.78, 5) is 0. The molecule has 1 rings (SSSR count). The molecule has 2 heteroatoms. The Bertz CT molecular complexity index is 193. The molecule has 0 aromatic rings. The predicted octanol–water partition coefficient (Wildman–Crippen LogP) is 2.53. The highest BCUT2D eigenvalue weighted by Gasteiger charge is 2.34. The Labute approximate surface area is 95.0 Å². The highest BCUT2D eigenvalue weighted by Crippen LogP contribution is 2.41. The largest absolute Gasteiger partial charge is 0.330 e. The third-order valence-corrected chi connectivity index (χ3v) is 4.00. The molecule has 2 nitrogen and oxygen atoms in total. The molecule has 0 radical (unpaired) electrons. The summed E-state index contributed by atoms with van der Waals surface area (Å²) in [6, 6.07) is 0. The van der Waals surface area contributed by atoms with Crippen molar-refractivity contribution in [2.75, 3.05) is 13.1 Å². The van der Waals surface area contributed by atoms with Crippen LogP contribution < -0.4 is 11.1 Å². The first-order valence-corrected chi connectivity index (χ1v) is 6.32. The van der Waals surface area contributed by atoms with E-state index in [4.69, 9.17) is 5.73 Å². The maximum absolute atomic E-state index is 5.61. The van der Waals surface area contributed by atoms with Gasteiger partial charge in [-0.3, -0.25) is 0 Å². The smallest absolute Gasteiger partial charge is 0.0137 e. The van der Waals surface area contributed by atoms with Gasteiger partial charge in [-0.1, -0.05) is 20.3 Å². The van der Waals surface area contributed by atoms with Crippen LogP contribution >= 0.6 is 0 Å². The molecular formula is C13H28N2. The Kier molecular flexibility index (Phi) is 4.19. The van der Waals surface area contributed by atoms with Gasteiger partial charge in [-0.2, -0.15) is 0 Å². The number of hydrogen-bond donors (Lipinski definition) is 2. The van der Waals surface area contributed by atoms with Crippen LogP contribution in [-0.4, -0.2) is 18.6 Å². The van der Waals surface area contributed by atoms with E-state index in [-0.39, 0.29) is 5.54 Å². The lowest BCUT2D eigenvalue weighted by molar-refractivity contribution is 0.108. The minimum absolute atomic E-state index is 0.190. The van der Waals surface area contributed by atoms with Gasteiger partial charge in [0.1, 0.15) is 0 Å². The van der Waals surface area contributed by atoms with Gasteiger partial charge in [-0.25, -0.2) is 0 Å². The van der Waals surface area contributed by atoms with Gasteiger partial charge in [-0.05, 0) is 51.0 Å². The third kappa shape index (κ3) is 3.76. The van der Waals surface area contributed by atoms with Crippen LogP contribution in [0, 0.1) is 11.3 Å². The number of nitrogens with one attached hydrogen (secondary N) is 1. The Morgan fingerprint density at radius 2 is 1.80 bits per heavy atom. The molecule has 15 heavy (non-hydrogen) atoms. The maximum Gasteiger partial charge on any atom is 0.0137 e. The Morgan fingerprint density at radius 3 is 2.20 bits per heavy atom. The third-order valence-electron chi connectivity index (χ3n) is 4.00. The molecule has 0 amide bonds. The zero-order valence-corrected chi connectivity index (χ0v) is 10.9. The molecule has 1 saturated carbocycles. The summed E-state index contributed by atoms with van der Waals surface area (Å²) < 4.78 is 0. The van der Waals surface area contributed by atoms with E-state index >= 15 is 0 Å². The number of nitrogens with two attached hydrogens (primary N) is 1. The highest BCUT2D eigenvalue weighted by atomic mass is 15.0.